The van der Waals surface area contributed by atoms with E-state index in [-0.39, 0.29) is 0 Å². The van der Waals surface area contributed by atoms with E-state index in [1.54, 1.807) is 0 Å². The molecule has 3 nitrogen and oxygen atoms in total. The molecule has 33 heavy (non-hydrogen) atoms. The number of ether oxygens (including phenoxy) is 3. The summed E-state index contributed by atoms with van der Waals surface area (Å²) in [5.41, 5.74) is 5.95. The summed E-state index contributed by atoms with van der Waals surface area (Å²) >= 11 is 6.23. The van der Waals surface area contributed by atoms with Gasteiger partial charge in [-0.15, -0.1) is 11.6 Å². The Kier molecular flexibility index (Phi) is 11.0. The van der Waals surface area contributed by atoms with Crippen LogP contribution in [0.5, 0.6) is 5.75 Å². The summed E-state index contributed by atoms with van der Waals surface area (Å²) in [5, 5.41) is 0. The van der Waals surface area contributed by atoms with Crippen molar-refractivity contribution in [2.24, 2.45) is 0 Å². The summed E-state index contributed by atoms with van der Waals surface area (Å²) in [7, 11) is 0. The fourth-order valence-corrected chi connectivity index (χ4v) is 3.86. The molecule has 0 aliphatic rings. The molecule has 0 saturated heterocycles. The van der Waals surface area contributed by atoms with Gasteiger partial charge in [0.25, 0.3) is 0 Å². The maximum atomic E-state index is 6.23. The van der Waals surface area contributed by atoms with Gasteiger partial charge in [-0.05, 0) is 52.8 Å². The van der Waals surface area contributed by atoms with Crippen molar-refractivity contribution in [1.82, 2.24) is 0 Å². The molecule has 0 N–H and O–H groups in total. The lowest BCUT2D eigenvalue weighted by molar-refractivity contribution is 0.0366. The first kappa shape index (κ1) is 25.0. The minimum atomic E-state index is 0.510. The van der Waals surface area contributed by atoms with Gasteiger partial charge in [0.15, 0.2) is 0 Å². The maximum absolute atomic E-state index is 6.23. The van der Waals surface area contributed by atoms with E-state index < -0.39 is 0 Å². The summed E-state index contributed by atoms with van der Waals surface area (Å²) in [6, 6.07) is 29.2. The Morgan fingerprint density at radius 2 is 1.18 bits per heavy atom. The molecule has 3 aromatic rings. The number of hydrogen-bond donors (Lipinski definition) is 0. The zero-order valence-electron chi connectivity index (χ0n) is 19.3. The molecule has 174 valence electrons. The van der Waals surface area contributed by atoms with Crippen LogP contribution in [0.25, 0.3) is 11.1 Å². The molecule has 0 unspecified atom stereocenters. The molecular formula is C29H33ClO3. The molecule has 0 bridgehead atoms. The number of rotatable bonds is 14. The normalized spacial score (nSPS) is 11.8. The largest absolute Gasteiger partial charge is 0.491 e. The molecule has 0 fully saturated rings. The first-order valence-electron chi connectivity index (χ1n) is 11.6. The molecule has 3 rings (SSSR count). The fourth-order valence-electron chi connectivity index (χ4n) is 3.67. The van der Waals surface area contributed by atoms with E-state index in [9.17, 15) is 0 Å². The highest BCUT2D eigenvalue weighted by molar-refractivity contribution is 6.18. The highest BCUT2D eigenvalue weighted by Gasteiger charge is 2.14. The van der Waals surface area contributed by atoms with Crippen molar-refractivity contribution in [3.8, 4) is 5.75 Å². The molecule has 0 aliphatic heterocycles. The van der Waals surface area contributed by atoms with Gasteiger partial charge in [-0.3, -0.25) is 0 Å². The second-order valence-corrected chi connectivity index (χ2v) is 8.00. The van der Waals surface area contributed by atoms with Crippen molar-refractivity contribution in [3.63, 3.8) is 0 Å². The molecule has 0 saturated carbocycles. The monoisotopic (exact) mass is 464 g/mol. The SMILES string of the molecule is CCCOCCOCCOc1ccc(/C(=C(/CCCl)c2ccccc2)c2ccccc2)cc1. The first-order chi connectivity index (χ1) is 16.3. The quantitative estimate of drug-likeness (QED) is 0.145. The minimum absolute atomic E-state index is 0.510. The van der Waals surface area contributed by atoms with Crippen molar-refractivity contribution < 1.29 is 14.2 Å². The van der Waals surface area contributed by atoms with E-state index in [1.807, 2.05) is 24.3 Å². The van der Waals surface area contributed by atoms with E-state index in [1.165, 1.54) is 22.3 Å². The Labute approximate surface area is 203 Å². The van der Waals surface area contributed by atoms with E-state index in [2.05, 4.69) is 67.6 Å². The van der Waals surface area contributed by atoms with Gasteiger partial charge < -0.3 is 14.2 Å². The van der Waals surface area contributed by atoms with Gasteiger partial charge in [-0.2, -0.15) is 0 Å². The molecule has 0 aliphatic carbocycles. The van der Waals surface area contributed by atoms with Crippen LogP contribution < -0.4 is 4.74 Å². The number of allylic oxidation sites excluding steroid dienone is 1. The third kappa shape index (κ3) is 8.04. The highest BCUT2D eigenvalue weighted by Crippen LogP contribution is 2.35. The van der Waals surface area contributed by atoms with Crippen LogP contribution in [-0.4, -0.2) is 38.9 Å². The Bertz CT molecular complexity index is 953. The molecule has 3 aromatic carbocycles. The van der Waals surface area contributed by atoms with Crippen LogP contribution in [0.3, 0.4) is 0 Å². The lowest BCUT2D eigenvalue weighted by atomic mass is 9.88. The lowest BCUT2D eigenvalue weighted by Crippen LogP contribution is -2.11. The van der Waals surface area contributed by atoms with Gasteiger partial charge in [-0.25, -0.2) is 0 Å². The van der Waals surface area contributed by atoms with Crippen LogP contribution in [-0.2, 0) is 9.47 Å². The van der Waals surface area contributed by atoms with Crippen LogP contribution >= 0.6 is 11.6 Å². The van der Waals surface area contributed by atoms with Crippen LogP contribution in [0.15, 0.2) is 84.9 Å². The topological polar surface area (TPSA) is 27.7 Å². The minimum Gasteiger partial charge on any atom is -0.491 e. The third-order valence-corrected chi connectivity index (χ3v) is 5.38. The molecule has 0 amide bonds. The zero-order chi connectivity index (χ0) is 23.1. The van der Waals surface area contributed by atoms with Crippen LogP contribution in [0, 0.1) is 0 Å². The van der Waals surface area contributed by atoms with Crippen molar-refractivity contribution in [3.05, 3.63) is 102 Å². The number of hydrogen-bond acceptors (Lipinski definition) is 3. The Morgan fingerprint density at radius 3 is 1.79 bits per heavy atom. The maximum Gasteiger partial charge on any atom is 0.119 e. The van der Waals surface area contributed by atoms with Gasteiger partial charge in [0.1, 0.15) is 12.4 Å². The summed E-state index contributed by atoms with van der Waals surface area (Å²) in [6.45, 7) is 5.15. The second kappa shape index (κ2) is 14.5. The Balaban J connectivity index is 1.74. The molecule has 0 spiro atoms. The number of alkyl halides is 1. The average molecular weight is 465 g/mol. The van der Waals surface area contributed by atoms with Crippen LogP contribution in [0.4, 0.5) is 0 Å². The average Bonchev–Trinajstić information content (AvgIpc) is 2.87. The molecule has 0 atom stereocenters. The summed E-state index contributed by atoms with van der Waals surface area (Å²) in [5.74, 6) is 1.39. The Morgan fingerprint density at radius 1 is 0.636 bits per heavy atom. The molecular weight excluding hydrogens is 432 g/mol. The first-order valence-corrected chi connectivity index (χ1v) is 12.2. The fraction of sp³-hybridized carbons (Fsp3) is 0.310. The predicted molar refractivity (Wildman–Crippen MR) is 138 cm³/mol. The number of benzene rings is 3. The van der Waals surface area contributed by atoms with Gasteiger partial charge >= 0.3 is 0 Å². The lowest BCUT2D eigenvalue weighted by Gasteiger charge is -2.17. The molecule has 0 radical (unpaired) electrons. The van der Waals surface area contributed by atoms with E-state index in [0.717, 1.165) is 30.8 Å². The standard InChI is InChI=1S/C29H33ClO3/c1-2-19-31-20-21-32-22-23-33-27-15-13-26(14-16-27)29(25-11-7-4-8-12-25)28(17-18-30)24-9-5-3-6-10-24/h3-16H,2,17-23H2,1H3/b29-28-. The van der Waals surface area contributed by atoms with Crippen molar-refractivity contribution in [1.29, 1.82) is 0 Å². The number of halogens is 1. The van der Waals surface area contributed by atoms with Gasteiger partial charge in [0.2, 0.25) is 0 Å². The molecule has 0 aromatic heterocycles. The smallest absolute Gasteiger partial charge is 0.119 e. The Hall–Kier alpha value is -2.59. The summed E-state index contributed by atoms with van der Waals surface area (Å²) < 4.78 is 16.8. The van der Waals surface area contributed by atoms with Crippen molar-refractivity contribution >= 4 is 22.7 Å². The second-order valence-electron chi connectivity index (χ2n) is 7.62. The zero-order valence-corrected chi connectivity index (χ0v) is 20.1. The van der Waals surface area contributed by atoms with Gasteiger partial charge in [0, 0.05) is 12.5 Å². The summed E-state index contributed by atoms with van der Waals surface area (Å²) in [6.07, 6.45) is 1.81. The van der Waals surface area contributed by atoms with Crippen LogP contribution in [0.1, 0.15) is 36.5 Å². The van der Waals surface area contributed by atoms with E-state index >= 15 is 0 Å². The van der Waals surface area contributed by atoms with Gasteiger partial charge in [0.05, 0.1) is 19.8 Å². The molecule has 4 heteroatoms. The van der Waals surface area contributed by atoms with E-state index in [0.29, 0.717) is 32.3 Å². The highest BCUT2D eigenvalue weighted by atomic mass is 35.5. The molecule has 0 heterocycles. The predicted octanol–water partition coefficient (Wildman–Crippen LogP) is 7.10. The van der Waals surface area contributed by atoms with Crippen molar-refractivity contribution in [2.75, 3.05) is 38.9 Å². The third-order valence-electron chi connectivity index (χ3n) is 5.19. The van der Waals surface area contributed by atoms with Crippen LogP contribution in [0.2, 0.25) is 0 Å². The van der Waals surface area contributed by atoms with E-state index in [4.69, 9.17) is 25.8 Å². The van der Waals surface area contributed by atoms with Crippen molar-refractivity contribution in [2.45, 2.75) is 19.8 Å². The summed E-state index contributed by atoms with van der Waals surface area (Å²) in [4.78, 5) is 0. The van der Waals surface area contributed by atoms with Gasteiger partial charge in [-0.1, -0.05) is 79.7 Å².